The van der Waals surface area contributed by atoms with Crippen LogP contribution in [0.5, 0.6) is 0 Å². The van der Waals surface area contributed by atoms with E-state index in [1.165, 1.54) is 24.1 Å². The maximum Gasteiger partial charge on any atom is 0.191 e. The lowest BCUT2D eigenvalue weighted by Gasteiger charge is -2.22. The van der Waals surface area contributed by atoms with Crippen molar-refractivity contribution in [3.05, 3.63) is 65.7 Å². The summed E-state index contributed by atoms with van der Waals surface area (Å²) in [6, 6.07) is 18.9. The molecule has 1 saturated heterocycles. The summed E-state index contributed by atoms with van der Waals surface area (Å²) >= 11 is 0. The van der Waals surface area contributed by atoms with Crippen molar-refractivity contribution < 1.29 is 9.84 Å². The number of benzene rings is 2. The molecule has 3 rings (SSSR count). The van der Waals surface area contributed by atoms with Gasteiger partial charge in [0.1, 0.15) is 0 Å². The van der Waals surface area contributed by atoms with E-state index in [1.54, 1.807) is 0 Å². The van der Waals surface area contributed by atoms with E-state index in [0.29, 0.717) is 5.96 Å². The molecule has 1 fully saturated rings. The molecule has 0 bridgehead atoms. The van der Waals surface area contributed by atoms with Gasteiger partial charge in [-0.05, 0) is 56.9 Å². The second-order valence-corrected chi connectivity index (χ2v) is 8.41. The summed E-state index contributed by atoms with van der Waals surface area (Å²) in [7, 11) is 0. The molecule has 0 saturated carbocycles. The quantitative estimate of drug-likeness (QED) is 0.222. The Hall–Kier alpha value is -1.84. The van der Waals surface area contributed by atoms with E-state index in [-0.39, 0.29) is 49.3 Å². The van der Waals surface area contributed by atoms with Gasteiger partial charge in [-0.3, -0.25) is 4.99 Å². The first-order valence-electron chi connectivity index (χ1n) is 11.8. The third kappa shape index (κ3) is 8.79. The van der Waals surface area contributed by atoms with Crippen LogP contribution in [0, 0.1) is 0 Å². The molecule has 2 aromatic rings. The smallest absolute Gasteiger partial charge is 0.191 e. The summed E-state index contributed by atoms with van der Waals surface area (Å²) in [5, 5.41) is 17.1. The summed E-state index contributed by atoms with van der Waals surface area (Å²) in [6.45, 7) is 9.72. The van der Waals surface area contributed by atoms with Gasteiger partial charge in [0.05, 0.1) is 31.4 Å². The van der Waals surface area contributed by atoms with E-state index in [2.05, 4.69) is 51.7 Å². The van der Waals surface area contributed by atoms with Crippen LogP contribution in [0.2, 0.25) is 0 Å². The number of aliphatic hydroxyl groups is 1. The minimum absolute atomic E-state index is 0. The summed E-state index contributed by atoms with van der Waals surface area (Å²) in [6.07, 6.45) is 1.81. The molecule has 182 valence electrons. The van der Waals surface area contributed by atoms with Crippen molar-refractivity contribution >= 4 is 35.6 Å². The SMILES string of the molecule is CCNC(=NCC(O)COC(C)c1ccccc1)NC(C)c1cccc(N2CCCC2)c1.I. The average molecular weight is 567 g/mol. The van der Waals surface area contributed by atoms with Crippen molar-refractivity contribution in [2.24, 2.45) is 4.99 Å². The highest BCUT2D eigenvalue weighted by Gasteiger charge is 2.15. The summed E-state index contributed by atoms with van der Waals surface area (Å²) < 4.78 is 5.83. The fraction of sp³-hybridized carbons (Fsp3) is 0.500. The number of nitrogens with one attached hydrogen (secondary N) is 2. The molecular formula is C26H39IN4O2. The zero-order chi connectivity index (χ0) is 22.8. The van der Waals surface area contributed by atoms with E-state index in [9.17, 15) is 5.11 Å². The monoisotopic (exact) mass is 566 g/mol. The normalized spacial score (nSPS) is 16.6. The molecule has 6 nitrogen and oxygen atoms in total. The molecule has 2 aromatic carbocycles. The zero-order valence-corrected chi connectivity index (χ0v) is 22.4. The number of nitrogens with zero attached hydrogens (tertiary/aromatic N) is 2. The molecule has 3 N–H and O–H groups in total. The van der Waals surface area contributed by atoms with Crippen LogP contribution in [0.25, 0.3) is 0 Å². The Kier molecular flexibility index (Phi) is 12.0. The number of guanidine groups is 1. The number of hydrogen-bond donors (Lipinski definition) is 3. The molecule has 0 aromatic heterocycles. The average Bonchev–Trinajstić information content (AvgIpc) is 3.37. The Morgan fingerprint density at radius 1 is 1.06 bits per heavy atom. The molecule has 3 atom stereocenters. The van der Waals surface area contributed by atoms with Crippen LogP contribution in [0.1, 0.15) is 56.9 Å². The Morgan fingerprint density at radius 3 is 2.45 bits per heavy atom. The number of aliphatic imine (C=N–C) groups is 1. The fourth-order valence-electron chi connectivity index (χ4n) is 3.90. The maximum absolute atomic E-state index is 10.4. The highest BCUT2D eigenvalue weighted by molar-refractivity contribution is 14.0. The van der Waals surface area contributed by atoms with E-state index < -0.39 is 6.10 Å². The molecule has 3 unspecified atom stereocenters. The molecule has 33 heavy (non-hydrogen) atoms. The van der Waals surface area contributed by atoms with Gasteiger partial charge >= 0.3 is 0 Å². The molecule has 1 aliphatic rings. The Morgan fingerprint density at radius 2 is 1.76 bits per heavy atom. The van der Waals surface area contributed by atoms with E-state index in [1.807, 2.05) is 44.2 Å². The van der Waals surface area contributed by atoms with Gasteiger partial charge in [-0.1, -0.05) is 42.5 Å². The lowest BCUT2D eigenvalue weighted by Crippen LogP contribution is -2.39. The van der Waals surface area contributed by atoms with Crippen LogP contribution < -0.4 is 15.5 Å². The van der Waals surface area contributed by atoms with Crippen molar-refractivity contribution in [1.82, 2.24) is 10.6 Å². The van der Waals surface area contributed by atoms with Crippen molar-refractivity contribution in [3.8, 4) is 0 Å². The Labute approximate surface area is 215 Å². The van der Waals surface area contributed by atoms with Crippen molar-refractivity contribution in [3.63, 3.8) is 0 Å². The molecular weight excluding hydrogens is 527 g/mol. The minimum Gasteiger partial charge on any atom is -0.389 e. The predicted molar refractivity (Wildman–Crippen MR) is 148 cm³/mol. The molecule has 7 heteroatoms. The third-order valence-electron chi connectivity index (χ3n) is 5.81. The standard InChI is InChI=1S/C26H38N4O2.HI/c1-4-27-26(28-18-25(31)19-32-21(3)22-11-6-5-7-12-22)29-20(2)23-13-10-14-24(17-23)30-15-8-9-16-30;/h5-7,10-14,17,20-21,25,31H,4,8-9,15-16,18-19H2,1-3H3,(H2,27,28,29);1H. The highest BCUT2D eigenvalue weighted by atomic mass is 127. The second kappa shape index (κ2) is 14.4. The molecule has 0 spiro atoms. The number of hydrogen-bond acceptors (Lipinski definition) is 4. The van der Waals surface area contributed by atoms with Gasteiger partial charge in [-0.15, -0.1) is 24.0 Å². The van der Waals surface area contributed by atoms with Gasteiger partial charge < -0.3 is 25.4 Å². The van der Waals surface area contributed by atoms with Crippen LogP contribution in [0.15, 0.2) is 59.6 Å². The third-order valence-corrected chi connectivity index (χ3v) is 5.81. The number of rotatable bonds is 10. The lowest BCUT2D eigenvalue weighted by atomic mass is 10.1. The first-order valence-corrected chi connectivity index (χ1v) is 11.8. The number of anilines is 1. The van der Waals surface area contributed by atoms with Crippen molar-refractivity contribution in [2.75, 3.05) is 37.7 Å². The van der Waals surface area contributed by atoms with Crippen LogP contribution in [-0.4, -0.2) is 50.0 Å². The summed E-state index contributed by atoms with van der Waals surface area (Å²) in [4.78, 5) is 7.03. The van der Waals surface area contributed by atoms with Gasteiger partial charge in [-0.2, -0.15) is 0 Å². The predicted octanol–water partition coefficient (Wildman–Crippen LogP) is 4.66. The topological polar surface area (TPSA) is 69.1 Å². The molecule has 0 radical (unpaired) electrons. The summed E-state index contributed by atoms with van der Waals surface area (Å²) in [5.41, 5.74) is 3.61. The highest BCUT2D eigenvalue weighted by Crippen LogP contribution is 2.24. The number of halogens is 1. The largest absolute Gasteiger partial charge is 0.389 e. The Bertz CT molecular complexity index is 843. The van der Waals surface area contributed by atoms with Gasteiger partial charge in [0, 0.05) is 25.3 Å². The van der Waals surface area contributed by atoms with Gasteiger partial charge in [-0.25, -0.2) is 0 Å². The maximum atomic E-state index is 10.4. The van der Waals surface area contributed by atoms with Gasteiger partial charge in [0.15, 0.2) is 5.96 Å². The van der Waals surface area contributed by atoms with Crippen LogP contribution >= 0.6 is 24.0 Å². The van der Waals surface area contributed by atoms with Crippen LogP contribution in [0.4, 0.5) is 5.69 Å². The van der Waals surface area contributed by atoms with Crippen LogP contribution in [-0.2, 0) is 4.74 Å². The molecule has 1 heterocycles. The second-order valence-electron chi connectivity index (χ2n) is 8.41. The van der Waals surface area contributed by atoms with Gasteiger partial charge in [0.2, 0.25) is 0 Å². The van der Waals surface area contributed by atoms with Crippen molar-refractivity contribution in [1.29, 1.82) is 0 Å². The molecule has 0 amide bonds. The van der Waals surface area contributed by atoms with E-state index in [4.69, 9.17) is 4.74 Å². The Balaban J connectivity index is 0.00000385. The number of aliphatic hydroxyl groups excluding tert-OH is 1. The zero-order valence-electron chi connectivity index (χ0n) is 20.0. The lowest BCUT2D eigenvalue weighted by molar-refractivity contribution is 0.00111. The van der Waals surface area contributed by atoms with E-state index >= 15 is 0 Å². The van der Waals surface area contributed by atoms with Crippen LogP contribution in [0.3, 0.4) is 0 Å². The first-order chi connectivity index (χ1) is 15.6. The molecule has 1 aliphatic heterocycles. The van der Waals surface area contributed by atoms with Crippen molar-refractivity contribution in [2.45, 2.75) is 51.9 Å². The fourth-order valence-corrected chi connectivity index (χ4v) is 3.90. The summed E-state index contributed by atoms with van der Waals surface area (Å²) in [5.74, 6) is 0.696. The minimum atomic E-state index is -0.662. The molecule has 0 aliphatic carbocycles. The first kappa shape index (κ1) is 27.4. The van der Waals surface area contributed by atoms with Gasteiger partial charge in [0.25, 0.3) is 0 Å². The van der Waals surface area contributed by atoms with E-state index in [0.717, 1.165) is 25.2 Å². The number of ether oxygens (including phenoxy) is 1.